The van der Waals surface area contributed by atoms with Gasteiger partial charge in [0.25, 0.3) is 11.6 Å². The number of nitro benzene ring substituents is 1. The molecule has 0 saturated carbocycles. The van der Waals surface area contributed by atoms with Crippen LogP contribution in [0.4, 0.5) is 5.69 Å². The summed E-state index contributed by atoms with van der Waals surface area (Å²) in [5.74, 6) is -0.729. The monoisotopic (exact) mass is 430 g/mol. The third-order valence-corrected chi connectivity index (χ3v) is 5.11. The number of carbonyl (C=O) groups excluding carboxylic acids is 1. The third-order valence-electron chi connectivity index (χ3n) is 3.12. The maximum atomic E-state index is 12.0. The molecule has 0 radical (unpaired) electrons. The summed E-state index contributed by atoms with van der Waals surface area (Å²) >= 11 is 11.4. The molecule has 0 aliphatic carbocycles. The highest BCUT2D eigenvalue weighted by Gasteiger charge is 2.15. The number of hydrazone groups is 1. The summed E-state index contributed by atoms with van der Waals surface area (Å²) in [5, 5.41) is 14.8. The van der Waals surface area contributed by atoms with Gasteiger partial charge in [-0.3, -0.25) is 14.9 Å². The average molecular weight is 431 g/mol. The lowest BCUT2D eigenvalue weighted by molar-refractivity contribution is -0.384. The van der Waals surface area contributed by atoms with Crippen molar-refractivity contribution in [3.63, 3.8) is 0 Å². The predicted octanol–water partition coefficient (Wildman–Crippen LogP) is 2.33. The van der Waals surface area contributed by atoms with E-state index in [9.17, 15) is 23.3 Å². The highest BCUT2D eigenvalue weighted by atomic mass is 35.5. The minimum atomic E-state index is -3.88. The van der Waals surface area contributed by atoms with Crippen LogP contribution in [0.3, 0.4) is 0 Å². The van der Waals surface area contributed by atoms with E-state index < -0.39 is 27.4 Å². The van der Waals surface area contributed by atoms with Crippen LogP contribution in [-0.4, -0.2) is 32.0 Å². The lowest BCUT2D eigenvalue weighted by Gasteiger charge is -2.06. The smallest absolute Gasteiger partial charge is 0.272 e. The Hall–Kier alpha value is -2.53. The summed E-state index contributed by atoms with van der Waals surface area (Å²) in [4.78, 5) is 21.8. The Kier molecular flexibility index (Phi) is 6.86. The molecule has 142 valence electrons. The van der Waals surface area contributed by atoms with Gasteiger partial charge in [0, 0.05) is 16.7 Å². The van der Waals surface area contributed by atoms with E-state index in [-0.39, 0.29) is 15.6 Å². The van der Waals surface area contributed by atoms with Crippen molar-refractivity contribution in [1.82, 2.24) is 10.1 Å². The van der Waals surface area contributed by atoms with E-state index in [4.69, 9.17) is 23.2 Å². The Balaban J connectivity index is 1.92. The molecule has 2 rings (SSSR count). The molecule has 0 saturated heterocycles. The fraction of sp³-hybridized carbons (Fsp3) is 0.0667. The van der Waals surface area contributed by atoms with Crippen LogP contribution in [0.5, 0.6) is 0 Å². The van der Waals surface area contributed by atoms with Crippen molar-refractivity contribution in [2.45, 2.75) is 4.90 Å². The molecule has 0 bridgehead atoms. The van der Waals surface area contributed by atoms with Gasteiger partial charge in [0.15, 0.2) is 0 Å². The van der Waals surface area contributed by atoms with Gasteiger partial charge in [0.05, 0.1) is 22.6 Å². The molecular weight excluding hydrogens is 419 g/mol. The van der Waals surface area contributed by atoms with E-state index in [1.807, 2.05) is 0 Å². The van der Waals surface area contributed by atoms with Crippen molar-refractivity contribution in [2.75, 3.05) is 6.54 Å². The SMILES string of the molecule is O=C(CNS(=O)(=O)c1ccc(Cl)cc1)NN=Cc1ccc(Cl)c([N+](=O)[O-])c1. The van der Waals surface area contributed by atoms with Crippen molar-refractivity contribution >= 4 is 51.0 Å². The Labute approximate surface area is 164 Å². The summed E-state index contributed by atoms with van der Waals surface area (Å²) < 4.78 is 26.2. The summed E-state index contributed by atoms with van der Waals surface area (Å²) in [6, 6.07) is 9.39. The molecule has 0 aliphatic rings. The Morgan fingerprint density at radius 1 is 1.19 bits per heavy atom. The maximum absolute atomic E-state index is 12.0. The first-order valence-electron chi connectivity index (χ1n) is 7.20. The molecule has 9 nitrogen and oxygen atoms in total. The summed E-state index contributed by atoms with van der Waals surface area (Å²) in [6.07, 6.45) is 1.16. The van der Waals surface area contributed by atoms with E-state index in [1.54, 1.807) is 0 Å². The Morgan fingerprint density at radius 3 is 2.48 bits per heavy atom. The topological polar surface area (TPSA) is 131 Å². The molecule has 12 heteroatoms. The number of hydrogen-bond donors (Lipinski definition) is 2. The van der Waals surface area contributed by atoms with E-state index in [0.29, 0.717) is 10.6 Å². The second kappa shape index (κ2) is 8.91. The van der Waals surface area contributed by atoms with Crippen molar-refractivity contribution in [3.8, 4) is 0 Å². The Morgan fingerprint density at radius 2 is 1.85 bits per heavy atom. The summed E-state index contributed by atoms with van der Waals surface area (Å²) in [7, 11) is -3.88. The van der Waals surface area contributed by atoms with Gasteiger partial charge in [-0.25, -0.2) is 18.6 Å². The Bertz CT molecular complexity index is 994. The quantitative estimate of drug-likeness (QED) is 0.395. The fourth-order valence-corrected chi connectivity index (χ4v) is 3.12. The molecule has 0 spiro atoms. The van der Waals surface area contributed by atoms with Gasteiger partial charge in [-0.1, -0.05) is 29.3 Å². The molecule has 27 heavy (non-hydrogen) atoms. The van der Waals surface area contributed by atoms with Gasteiger partial charge in [0.2, 0.25) is 10.0 Å². The van der Waals surface area contributed by atoms with Gasteiger partial charge in [-0.2, -0.15) is 5.10 Å². The molecule has 0 unspecified atom stereocenters. The molecule has 2 aromatic carbocycles. The first-order valence-corrected chi connectivity index (χ1v) is 9.44. The van der Waals surface area contributed by atoms with Gasteiger partial charge >= 0.3 is 0 Å². The van der Waals surface area contributed by atoms with Crippen LogP contribution in [0.1, 0.15) is 5.56 Å². The van der Waals surface area contributed by atoms with Crippen LogP contribution >= 0.6 is 23.2 Å². The number of carbonyl (C=O) groups is 1. The molecular formula is C15H12Cl2N4O5S. The number of rotatable bonds is 7. The number of nitrogens with one attached hydrogen (secondary N) is 2. The van der Waals surface area contributed by atoms with Crippen LogP contribution in [0.25, 0.3) is 0 Å². The van der Waals surface area contributed by atoms with Crippen molar-refractivity contribution in [3.05, 3.63) is 68.2 Å². The second-order valence-corrected chi connectivity index (χ2v) is 7.65. The number of hydrogen-bond acceptors (Lipinski definition) is 6. The van der Waals surface area contributed by atoms with Gasteiger partial charge in [-0.15, -0.1) is 0 Å². The van der Waals surface area contributed by atoms with E-state index in [0.717, 1.165) is 6.21 Å². The highest BCUT2D eigenvalue weighted by molar-refractivity contribution is 7.89. The minimum absolute atomic E-state index is 0.0298. The van der Waals surface area contributed by atoms with Crippen LogP contribution < -0.4 is 10.1 Å². The zero-order valence-corrected chi connectivity index (χ0v) is 15.8. The van der Waals surface area contributed by atoms with Crippen LogP contribution in [0.2, 0.25) is 10.0 Å². The zero-order chi connectivity index (χ0) is 20.0. The lowest BCUT2D eigenvalue weighted by atomic mass is 10.2. The molecule has 0 atom stereocenters. The average Bonchev–Trinajstić information content (AvgIpc) is 2.61. The number of amides is 1. The van der Waals surface area contributed by atoms with Crippen LogP contribution in [0, 0.1) is 10.1 Å². The van der Waals surface area contributed by atoms with Crippen molar-refractivity contribution in [1.29, 1.82) is 0 Å². The number of sulfonamides is 1. The van der Waals surface area contributed by atoms with E-state index in [2.05, 4.69) is 15.2 Å². The molecule has 2 aromatic rings. The molecule has 0 aliphatic heterocycles. The first kappa shape index (κ1) is 20.8. The van der Waals surface area contributed by atoms with Gasteiger partial charge in [0.1, 0.15) is 5.02 Å². The zero-order valence-electron chi connectivity index (χ0n) is 13.4. The normalized spacial score (nSPS) is 11.5. The predicted molar refractivity (Wildman–Crippen MR) is 100 cm³/mol. The van der Waals surface area contributed by atoms with Gasteiger partial charge < -0.3 is 0 Å². The number of nitrogens with zero attached hydrogens (tertiary/aromatic N) is 2. The number of benzene rings is 2. The van der Waals surface area contributed by atoms with Crippen molar-refractivity contribution < 1.29 is 18.1 Å². The van der Waals surface area contributed by atoms with E-state index >= 15 is 0 Å². The number of halogens is 2. The summed E-state index contributed by atoms with van der Waals surface area (Å²) in [5.41, 5.74) is 2.13. The molecule has 0 fully saturated rings. The largest absolute Gasteiger partial charge is 0.288 e. The summed E-state index contributed by atoms with van der Waals surface area (Å²) in [6.45, 7) is -0.553. The van der Waals surface area contributed by atoms with Crippen LogP contribution in [0.15, 0.2) is 52.5 Å². The third kappa shape index (κ3) is 6.00. The number of nitro groups is 1. The highest BCUT2D eigenvalue weighted by Crippen LogP contribution is 2.24. The van der Waals surface area contributed by atoms with Crippen LogP contribution in [-0.2, 0) is 14.8 Å². The molecule has 0 aromatic heterocycles. The lowest BCUT2D eigenvalue weighted by Crippen LogP contribution is -2.34. The van der Waals surface area contributed by atoms with Gasteiger partial charge in [-0.05, 0) is 30.3 Å². The van der Waals surface area contributed by atoms with Crippen molar-refractivity contribution in [2.24, 2.45) is 5.10 Å². The molecule has 2 N–H and O–H groups in total. The minimum Gasteiger partial charge on any atom is -0.272 e. The van der Waals surface area contributed by atoms with E-state index in [1.165, 1.54) is 42.5 Å². The maximum Gasteiger partial charge on any atom is 0.288 e. The molecule has 1 amide bonds. The fourth-order valence-electron chi connectivity index (χ4n) is 1.83. The standard InChI is InChI=1S/C15H12Cl2N4O5S/c16-11-2-4-12(5-3-11)27(25,26)19-9-15(22)20-18-8-10-1-6-13(17)14(7-10)21(23)24/h1-8,19H,9H2,(H,20,22). The second-order valence-electron chi connectivity index (χ2n) is 5.04. The molecule has 0 heterocycles. The first-order chi connectivity index (χ1) is 12.7.